The quantitative estimate of drug-likeness (QED) is 0.665. The summed E-state index contributed by atoms with van der Waals surface area (Å²) in [7, 11) is 0. The van der Waals surface area contributed by atoms with E-state index in [1.807, 2.05) is 13.8 Å². The molecule has 1 rings (SSSR count). The number of carbonyl (C=O) groups excluding carboxylic acids is 1. The summed E-state index contributed by atoms with van der Waals surface area (Å²) in [6, 6.07) is 0. The van der Waals surface area contributed by atoms with Crippen molar-refractivity contribution in [1.29, 1.82) is 0 Å². The molecule has 0 aromatic rings. The highest BCUT2D eigenvalue weighted by atomic mass is 16.3. The van der Waals surface area contributed by atoms with Gasteiger partial charge in [0.2, 0.25) is 5.91 Å². The van der Waals surface area contributed by atoms with Crippen LogP contribution < -0.4 is 5.32 Å². The summed E-state index contributed by atoms with van der Waals surface area (Å²) in [6.07, 6.45) is 0.584. The second-order valence-corrected chi connectivity index (χ2v) is 4.02. The maximum Gasteiger partial charge on any atom is 0.234 e. The molecule has 2 N–H and O–H groups in total. The number of amides is 1. The number of rotatable bonds is 3. The van der Waals surface area contributed by atoms with Crippen molar-refractivity contribution >= 4 is 5.91 Å². The lowest BCUT2D eigenvalue weighted by molar-refractivity contribution is -0.123. The highest BCUT2D eigenvalue weighted by Crippen LogP contribution is 2.15. The summed E-state index contributed by atoms with van der Waals surface area (Å²) in [5.74, 6) is 0.356. The Morgan fingerprint density at radius 2 is 2.36 bits per heavy atom. The van der Waals surface area contributed by atoms with Crippen LogP contribution in [0.15, 0.2) is 0 Å². The van der Waals surface area contributed by atoms with E-state index < -0.39 is 0 Å². The first-order chi connectivity index (χ1) is 6.63. The van der Waals surface area contributed by atoms with Crippen LogP contribution in [0.4, 0.5) is 0 Å². The topological polar surface area (TPSA) is 52.6 Å². The van der Waals surface area contributed by atoms with Gasteiger partial charge in [-0.3, -0.25) is 9.69 Å². The van der Waals surface area contributed by atoms with Crippen molar-refractivity contribution in [2.75, 3.05) is 26.2 Å². The Morgan fingerprint density at radius 1 is 1.64 bits per heavy atom. The van der Waals surface area contributed by atoms with Gasteiger partial charge in [0.05, 0.1) is 12.6 Å². The maximum atomic E-state index is 11.3. The monoisotopic (exact) mass is 200 g/mol. The molecule has 82 valence electrons. The average molecular weight is 200 g/mol. The summed E-state index contributed by atoms with van der Waals surface area (Å²) in [4.78, 5) is 13.4. The smallest absolute Gasteiger partial charge is 0.234 e. The van der Waals surface area contributed by atoms with Gasteiger partial charge in [-0.05, 0) is 19.3 Å². The zero-order valence-electron chi connectivity index (χ0n) is 8.99. The molecule has 0 radical (unpaired) electrons. The zero-order valence-corrected chi connectivity index (χ0v) is 8.99. The number of aliphatic hydroxyl groups is 1. The fourth-order valence-corrected chi connectivity index (χ4v) is 1.82. The van der Waals surface area contributed by atoms with Crippen LogP contribution >= 0.6 is 0 Å². The van der Waals surface area contributed by atoms with Crippen molar-refractivity contribution in [1.82, 2.24) is 10.2 Å². The van der Waals surface area contributed by atoms with Gasteiger partial charge < -0.3 is 10.4 Å². The normalized spacial score (nSPS) is 28.8. The molecule has 1 aliphatic rings. The Kier molecular flexibility index (Phi) is 4.35. The molecule has 2 unspecified atom stereocenters. The Hall–Kier alpha value is -0.610. The van der Waals surface area contributed by atoms with Crippen molar-refractivity contribution in [2.45, 2.75) is 26.4 Å². The Morgan fingerprint density at radius 3 is 2.93 bits per heavy atom. The molecule has 0 aromatic heterocycles. The molecule has 1 amide bonds. The number of likely N-dealkylation sites (N-methyl/N-ethyl adjacent to an activating group) is 1. The minimum Gasteiger partial charge on any atom is -0.393 e. The number of hydrogen-bond donors (Lipinski definition) is 2. The van der Waals surface area contributed by atoms with Gasteiger partial charge in [-0.2, -0.15) is 0 Å². The van der Waals surface area contributed by atoms with E-state index in [-0.39, 0.29) is 17.9 Å². The summed E-state index contributed by atoms with van der Waals surface area (Å²) in [5.41, 5.74) is 0. The number of nitrogens with one attached hydrogen (secondary N) is 1. The molecule has 0 aromatic carbocycles. The lowest BCUT2D eigenvalue weighted by atomic mass is 9.97. The molecule has 1 heterocycles. The number of likely N-dealkylation sites (tertiary alicyclic amines) is 1. The third-order valence-electron chi connectivity index (χ3n) is 2.69. The lowest BCUT2D eigenvalue weighted by Gasteiger charge is -2.33. The first-order valence-corrected chi connectivity index (χ1v) is 5.30. The van der Waals surface area contributed by atoms with Crippen molar-refractivity contribution in [2.24, 2.45) is 5.92 Å². The van der Waals surface area contributed by atoms with Crippen LogP contribution in [0.5, 0.6) is 0 Å². The van der Waals surface area contributed by atoms with Crippen molar-refractivity contribution in [3.8, 4) is 0 Å². The van der Waals surface area contributed by atoms with E-state index in [9.17, 15) is 9.90 Å². The first kappa shape index (κ1) is 11.5. The number of piperidine rings is 1. The van der Waals surface area contributed by atoms with E-state index >= 15 is 0 Å². The Balaban J connectivity index is 2.29. The lowest BCUT2D eigenvalue weighted by Crippen LogP contribution is -2.46. The van der Waals surface area contributed by atoms with E-state index in [0.717, 1.165) is 19.5 Å². The van der Waals surface area contributed by atoms with Gasteiger partial charge >= 0.3 is 0 Å². The molecule has 2 atom stereocenters. The van der Waals surface area contributed by atoms with Gasteiger partial charge in [0.1, 0.15) is 0 Å². The standard InChI is InChI=1S/C10H20N2O2/c1-3-11-10(14)7-12-5-4-9(13)8(2)6-12/h8-9,13H,3-7H2,1-2H3,(H,11,14). The second-order valence-electron chi connectivity index (χ2n) is 4.02. The van der Waals surface area contributed by atoms with Crippen LogP contribution in [-0.4, -0.2) is 48.2 Å². The minimum atomic E-state index is -0.194. The molecule has 0 saturated carbocycles. The summed E-state index contributed by atoms with van der Waals surface area (Å²) < 4.78 is 0. The van der Waals surface area contributed by atoms with E-state index in [1.165, 1.54) is 0 Å². The number of carbonyl (C=O) groups is 1. The molecular formula is C10H20N2O2. The molecule has 0 aliphatic carbocycles. The first-order valence-electron chi connectivity index (χ1n) is 5.30. The molecule has 1 fully saturated rings. The molecular weight excluding hydrogens is 180 g/mol. The zero-order chi connectivity index (χ0) is 10.6. The third-order valence-corrected chi connectivity index (χ3v) is 2.69. The van der Waals surface area contributed by atoms with Gasteiger partial charge in [0.25, 0.3) is 0 Å². The van der Waals surface area contributed by atoms with Gasteiger partial charge in [-0.25, -0.2) is 0 Å². The predicted molar refractivity (Wildman–Crippen MR) is 54.9 cm³/mol. The van der Waals surface area contributed by atoms with Crippen LogP contribution in [0.3, 0.4) is 0 Å². The molecule has 0 spiro atoms. The third kappa shape index (κ3) is 3.27. The molecule has 1 saturated heterocycles. The molecule has 4 nitrogen and oxygen atoms in total. The minimum absolute atomic E-state index is 0.0797. The molecule has 0 bridgehead atoms. The van der Waals surface area contributed by atoms with Gasteiger partial charge in [-0.1, -0.05) is 6.92 Å². The number of nitrogens with zero attached hydrogens (tertiary/aromatic N) is 1. The highest BCUT2D eigenvalue weighted by molar-refractivity contribution is 5.77. The van der Waals surface area contributed by atoms with Gasteiger partial charge in [0.15, 0.2) is 0 Å². The summed E-state index contributed by atoms with van der Waals surface area (Å²) >= 11 is 0. The highest BCUT2D eigenvalue weighted by Gasteiger charge is 2.24. The molecule has 4 heteroatoms. The molecule has 1 aliphatic heterocycles. The van der Waals surface area contributed by atoms with Gasteiger partial charge in [-0.15, -0.1) is 0 Å². The predicted octanol–water partition coefficient (Wildman–Crippen LogP) is -0.175. The van der Waals surface area contributed by atoms with Crippen LogP contribution in [0.1, 0.15) is 20.3 Å². The fourth-order valence-electron chi connectivity index (χ4n) is 1.82. The van der Waals surface area contributed by atoms with E-state index in [0.29, 0.717) is 13.1 Å². The summed E-state index contributed by atoms with van der Waals surface area (Å²) in [6.45, 7) is 6.73. The SMILES string of the molecule is CCNC(=O)CN1CCC(O)C(C)C1. The second kappa shape index (κ2) is 5.32. The van der Waals surface area contributed by atoms with Crippen LogP contribution in [-0.2, 0) is 4.79 Å². The van der Waals surface area contributed by atoms with E-state index in [4.69, 9.17) is 0 Å². The van der Waals surface area contributed by atoms with E-state index in [2.05, 4.69) is 10.2 Å². The largest absolute Gasteiger partial charge is 0.393 e. The Labute approximate surface area is 85.3 Å². The van der Waals surface area contributed by atoms with Crippen molar-refractivity contribution < 1.29 is 9.90 Å². The molecule has 14 heavy (non-hydrogen) atoms. The average Bonchev–Trinajstić information content (AvgIpc) is 2.12. The van der Waals surface area contributed by atoms with Crippen LogP contribution in [0.2, 0.25) is 0 Å². The summed E-state index contributed by atoms with van der Waals surface area (Å²) in [5, 5.41) is 12.3. The van der Waals surface area contributed by atoms with Crippen molar-refractivity contribution in [3.63, 3.8) is 0 Å². The number of hydrogen-bond acceptors (Lipinski definition) is 3. The fraction of sp³-hybridized carbons (Fsp3) is 0.900. The van der Waals surface area contributed by atoms with Crippen LogP contribution in [0.25, 0.3) is 0 Å². The van der Waals surface area contributed by atoms with Gasteiger partial charge in [0, 0.05) is 19.6 Å². The Bertz CT molecular complexity index is 197. The van der Waals surface area contributed by atoms with Crippen molar-refractivity contribution in [3.05, 3.63) is 0 Å². The van der Waals surface area contributed by atoms with E-state index in [1.54, 1.807) is 0 Å². The van der Waals surface area contributed by atoms with Crippen LogP contribution in [0, 0.1) is 5.92 Å². The maximum absolute atomic E-state index is 11.3. The number of aliphatic hydroxyl groups excluding tert-OH is 1.